The highest BCUT2D eigenvalue weighted by Gasteiger charge is 2.29. The molecular weight excluding hydrogens is 346 g/mol. The Morgan fingerprint density at radius 1 is 0.926 bits per heavy atom. The minimum Gasteiger partial charge on any atom is -0.450 e. The molecule has 1 fully saturated rings. The van der Waals surface area contributed by atoms with Gasteiger partial charge in [-0.1, -0.05) is 6.07 Å². The summed E-state index contributed by atoms with van der Waals surface area (Å²) < 4.78 is 4.80. The van der Waals surface area contributed by atoms with Gasteiger partial charge in [0.05, 0.1) is 6.61 Å². The summed E-state index contributed by atoms with van der Waals surface area (Å²) in [6.07, 6.45) is 1.33. The molecule has 7 nitrogen and oxygen atoms in total. The van der Waals surface area contributed by atoms with Crippen LogP contribution in [0.15, 0.2) is 48.5 Å². The van der Waals surface area contributed by atoms with Gasteiger partial charge in [-0.25, -0.2) is 4.79 Å². The first kappa shape index (κ1) is 18.4. The highest BCUT2D eigenvalue weighted by atomic mass is 16.5. The number of hydrogen-bond donors (Lipinski definition) is 3. The standard InChI is InChI=1S/C20H21N3O4/c1-2-27-20(26)23-15-10-8-14(9-11-15)19(25)22-17-5-3-4-16(12-17)21-18(24)13-6-7-13/h3-5,8-13H,2,6-7H2,1H3,(H,21,24)(H,22,25)(H,23,26). The molecule has 3 rings (SSSR count). The molecule has 0 atom stereocenters. The average Bonchev–Trinajstić information content (AvgIpc) is 3.48. The zero-order valence-corrected chi connectivity index (χ0v) is 15.0. The Morgan fingerprint density at radius 2 is 1.59 bits per heavy atom. The van der Waals surface area contributed by atoms with Crippen molar-refractivity contribution in [1.29, 1.82) is 0 Å². The van der Waals surface area contributed by atoms with E-state index in [-0.39, 0.29) is 24.3 Å². The summed E-state index contributed by atoms with van der Waals surface area (Å²) in [6.45, 7) is 2.01. The first-order valence-electron chi connectivity index (χ1n) is 8.81. The molecule has 2 aromatic carbocycles. The van der Waals surface area contributed by atoms with Crippen LogP contribution in [0, 0.1) is 5.92 Å². The number of amides is 3. The summed E-state index contributed by atoms with van der Waals surface area (Å²) >= 11 is 0. The third-order valence-electron chi connectivity index (χ3n) is 4.01. The van der Waals surface area contributed by atoms with Crippen LogP contribution in [-0.4, -0.2) is 24.5 Å². The molecule has 7 heteroatoms. The molecule has 27 heavy (non-hydrogen) atoms. The fourth-order valence-corrected chi connectivity index (χ4v) is 2.46. The SMILES string of the molecule is CCOC(=O)Nc1ccc(C(=O)Nc2cccc(NC(=O)C3CC3)c2)cc1. The summed E-state index contributed by atoms with van der Waals surface area (Å²) in [5, 5.41) is 8.21. The third kappa shape index (κ3) is 5.31. The highest BCUT2D eigenvalue weighted by Crippen LogP contribution is 2.30. The van der Waals surface area contributed by atoms with Crippen LogP contribution in [0.4, 0.5) is 21.9 Å². The molecule has 1 aliphatic rings. The molecule has 0 spiro atoms. The van der Waals surface area contributed by atoms with Crippen molar-refractivity contribution in [3.8, 4) is 0 Å². The van der Waals surface area contributed by atoms with Crippen LogP contribution in [0.1, 0.15) is 30.1 Å². The van der Waals surface area contributed by atoms with Gasteiger partial charge in [-0.2, -0.15) is 0 Å². The lowest BCUT2D eigenvalue weighted by Crippen LogP contribution is -2.15. The molecule has 0 aliphatic heterocycles. The average molecular weight is 367 g/mol. The summed E-state index contributed by atoms with van der Waals surface area (Å²) in [4.78, 5) is 35.6. The van der Waals surface area contributed by atoms with E-state index < -0.39 is 6.09 Å². The van der Waals surface area contributed by atoms with Gasteiger partial charge in [-0.15, -0.1) is 0 Å². The molecule has 3 N–H and O–H groups in total. The molecule has 140 valence electrons. The quantitative estimate of drug-likeness (QED) is 0.722. The van der Waals surface area contributed by atoms with Crippen molar-refractivity contribution in [2.24, 2.45) is 5.92 Å². The van der Waals surface area contributed by atoms with Crippen molar-refractivity contribution in [2.75, 3.05) is 22.6 Å². The number of hydrogen-bond acceptors (Lipinski definition) is 4. The number of carbonyl (C=O) groups is 3. The van der Waals surface area contributed by atoms with Crippen LogP contribution in [0.25, 0.3) is 0 Å². The lowest BCUT2D eigenvalue weighted by Gasteiger charge is -2.09. The molecule has 1 saturated carbocycles. The lowest BCUT2D eigenvalue weighted by atomic mass is 10.2. The van der Waals surface area contributed by atoms with Crippen molar-refractivity contribution in [3.63, 3.8) is 0 Å². The molecule has 0 heterocycles. The Morgan fingerprint density at radius 3 is 2.22 bits per heavy atom. The third-order valence-corrected chi connectivity index (χ3v) is 4.01. The lowest BCUT2D eigenvalue weighted by molar-refractivity contribution is -0.117. The fourth-order valence-electron chi connectivity index (χ4n) is 2.46. The van der Waals surface area contributed by atoms with E-state index >= 15 is 0 Å². The maximum absolute atomic E-state index is 12.4. The summed E-state index contributed by atoms with van der Waals surface area (Å²) in [5.41, 5.74) is 2.22. The van der Waals surface area contributed by atoms with Crippen LogP contribution < -0.4 is 16.0 Å². The van der Waals surface area contributed by atoms with E-state index in [9.17, 15) is 14.4 Å². The molecule has 0 saturated heterocycles. The molecule has 0 radical (unpaired) electrons. The predicted molar refractivity (Wildman–Crippen MR) is 103 cm³/mol. The summed E-state index contributed by atoms with van der Waals surface area (Å²) in [5.74, 6) is -0.156. The molecule has 2 aromatic rings. The van der Waals surface area contributed by atoms with Gasteiger partial charge in [0.15, 0.2) is 0 Å². The number of ether oxygens (including phenoxy) is 1. The minimum atomic E-state index is -0.542. The molecule has 0 unspecified atom stereocenters. The number of nitrogens with one attached hydrogen (secondary N) is 3. The zero-order valence-electron chi connectivity index (χ0n) is 15.0. The van der Waals surface area contributed by atoms with Crippen molar-refractivity contribution < 1.29 is 19.1 Å². The van der Waals surface area contributed by atoms with Gasteiger partial charge >= 0.3 is 6.09 Å². The number of anilines is 3. The second-order valence-corrected chi connectivity index (χ2v) is 6.22. The highest BCUT2D eigenvalue weighted by molar-refractivity contribution is 6.05. The van der Waals surface area contributed by atoms with E-state index in [1.165, 1.54) is 0 Å². The Balaban J connectivity index is 1.59. The van der Waals surface area contributed by atoms with E-state index in [1.807, 2.05) is 0 Å². The van der Waals surface area contributed by atoms with E-state index in [0.717, 1.165) is 12.8 Å². The van der Waals surface area contributed by atoms with Gasteiger partial charge in [0.2, 0.25) is 5.91 Å². The van der Waals surface area contributed by atoms with Gasteiger partial charge in [-0.3, -0.25) is 14.9 Å². The number of carbonyl (C=O) groups excluding carboxylic acids is 3. The van der Waals surface area contributed by atoms with Crippen molar-refractivity contribution in [3.05, 3.63) is 54.1 Å². The molecule has 0 bridgehead atoms. The largest absolute Gasteiger partial charge is 0.450 e. The monoisotopic (exact) mass is 367 g/mol. The Labute approximate surface area is 157 Å². The summed E-state index contributed by atoms with van der Waals surface area (Å²) in [6, 6.07) is 13.5. The second-order valence-electron chi connectivity index (χ2n) is 6.22. The zero-order chi connectivity index (χ0) is 19.2. The molecule has 0 aromatic heterocycles. The summed E-state index contributed by atoms with van der Waals surface area (Å²) in [7, 11) is 0. The molecule has 3 amide bonds. The van der Waals surface area contributed by atoms with Gasteiger partial charge in [0, 0.05) is 28.5 Å². The van der Waals surface area contributed by atoms with Crippen LogP contribution in [0.5, 0.6) is 0 Å². The number of rotatable bonds is 6. The second kappa shape index (κ2) is 8.35. The topological polar surface area (TPSA) is 96.5 Å². The molecular formula is C20H21N3O4. The van der Waals surface area contributed by atoms with Crippen LogP contribution >= 0.6 is 0 Å². The van der Waals surface area contributed by atoms with Crippen molar-refractivity contribution >= 4 is 35.0 Å². The molecule has 1 aliphatic carbocycles. The normalized spacial score (nSPS) is 12.8. The fraction of sp³-hybridized carbons (Fsp3) is 0.250. The predicted octanol–water partition coefficient (Wildman–Crippen LogP) is 3.86. The maximum Gasteiger partial charge on any atom is 0.411 e. The van der Waals surface area contributed by atoms with Crippen LogP contribution in [-0.2, 0) is 9.53 Å². The minimum absolute atomic E-state index is 0.0168. The van der Waals surface area contributed by atoms with Crippen molar-refractivity contribution in [2.45, 2.75) is 19.8 Å². The van der Waals surface area contributed by atoms with Gasteiger partial charge < -0.3 is 15.4 Å². The van der Waals surface area contributed by atoms with E-state index in [0.29, 0.717) is 22.6 Å². The smallest absolute Gasteiger partial charge is 0.411 e. The van der Waals surface area contributed by atoms with Crippen LogP contribution in [0.3, 0.4) is 0 Å². The van der Waals surface area contributed by atoms with Crippen LogP contribution in [0.2, 0.25) is 0 Å². The van der Waals surface area contributed by atoms with Gasteiger partial charge in [0.25, 0.3) is 5.91 Å². The Kier molecular flexibility index (Phi) is 5.71. The van der Waals surface area contributed by atoms with E-state index in [4.69, 9.17) is 4.74 Å². The first-order chi connectivity index (χ1) is 13.0. The maximum atomic E-state index is 12.4. The Bertz CT molecular complexity index is 845. The number of benzene rings is 2. The first-order valence-corrected chi connectivity index (χ1v) is 8.81. The van der Waals surface area contributed by atoms with E-state index in [1.54, 1.807) is 55.5 Å². The Hall–Kier alpha value is -3.35. The van der Waals surface area contributed by atoms with E-state index in [2.05, 4.69) is 16.0 Å². The van der Waals surface area contributed by atoms with Gasteiger partial charge in [-0.05, 0) is 62.2 Å². The van der Waals surface area contributed by atoms with Crippen molar-refractivity contribution in [1.82, 2.24) is 0 Å². The van der Waals surface area contributed by atoms with Gasteiger partial charge in [0.1, 0.15) is 0 Å².